The van der Waals surface area contributed by atoms with Crippen LogP contribution in [0.5, 0.6) is 0 Å². The molecule has 1 unspecified atom stereocenters. The van der Waals surface area contributed by atoms with Crippen LogP contribution in [0.1, 0.15) is 79.1 Å². The van der Waals surface area contributed by atoms with E-state index in [1.165, 1.54) is 26.2 Å². The van der Waals surface area contributed by atoms with Crippen molar-refractivity contribution < 1.29 is 19.2 Å². The third kappa shape index (κ3) is 4.31. The number of rotatable bonds is 8. The van der Waals surface area contributed by atoms with E-state index in [0.29, 0.717) is 30.7 Å². The van der Waals surface area contributed by atoms with E-state index >= 15 is 0 Å². The van der Waals surface area contributed by atoms with E-state index in [1.807, 2.05) is 11.8 Å². The van der Waals surface area contributed by atoms with Crippen molar-refractivity contribution in [2.75, 3.05) is 6.54 Å². The molecular formula is C25H38N2O4. The van der Waals surface area contributed by atoms with Crippen molar-refractivity contribution in [3.8, 4) is 0 Å². The number of ketones is 2. The van der Waals surface area contributed by atoms with E-state index in [9.17, 15) is 19.2 Å². The summed E-state index contributed by atoms with van der Waals surface area (Å²) in [6, 6.07) is -1.29. The van der Waals surface area contributed by atoms with Gasteiger partial charge in [-0.1, -0.05) is 52.9 Å². The van der Waals surface area contributed by atoms with Gasteiger partial charge in [-0.2, -0.15) is 0 Å². The van der Waals surface area contributed by atoms with Crippen molar-refractivity contribution in [3.63, 3.8) is 0 Å². The van der Waals surface area contributed by atoms with Gasteiger partial charge in [0.2, 0.25) is 17.6 Å². The van der Waals surface area contributed by atoms with Gasteiger partial charge < -0.3 is 10.2 Å². The van der Waals surface area contributed by atoms with Crippen LogP contribution < -0.4 is 5.32 Å². The number of carbonyl (C=O) groups is 4. The van der Waals surface area contributed by atoms with Gasteiger partial charge in [-0.25, -0.2) is 0 Å². The SMILES string of the molecule is CC(=O)C(=O)C(CC1CC1)NC(=O)[C@@H]1[C@@H]2[C@H](CN1C(=O)[C@@H](C)C1CCCCC1)C2(C)C. The molecule has 6 nitrogen and oxygen atoms in total. The average Bonchev–Trinajstić information content (AvgIpc) is 3.59. The Kier molecular flexibility index (Phi) is 6.04. The minimum Gasteiger partial charge on any atom is -0.344 e. The van der Waals surface area contributed by atoms with E-state index in [4.69, 9.17) is 0 Å². The minimum absolute atomic E-state index is 0.0312. The molecule has 1 N–H and O–H groups in total. The summed E-state index contributed by atoms with van der Waals surface area (Å²) in [6.07, 6.45) is 8.41. The fraction of sp³-hybridized carbons (Fsp3) is 0.840. The molecular weight excluding hydrogens is 392 g/mol. The van der Waals surface area contributed by atoms with Gasteiger partial charge in [-0.3, -0.25) is 19.2 Å². The first kappa shape index (κ1) is 22.5. The van der Waals surface area contributed by atoms with Crippen LogP contribution in [-0.4, -0.2) is 46.9 Å². The van der Waals surface area contributed by atoms with Crippen LogP contribution in [0.2, 0.25) is 0 Å². The number of hydrogen-bond acceptors (Lipinski definition) is 4. The molecule has 0 aromatic heterocycles. The Morgan fingerprint density at radius 1 is 1.03 bits per heavy atom. The summed E-state index contributed by atoms with van der Waals surface area (Å²) in [5.74, 6) is 0.00833. The standard InChI is InChI=1S/C25H38N2O4/c1-14(17-8-6-5-7-9-17)24(31)27-13-18-20(25(18,3)4)21(27)23(30)26-19(12-16-10-11-16)22(29)15(2)28/h14,16-21H,5-13H2,1-4H3,(H,26,30)/t14-,18-,19?,20-,21-/m0/s1. The number of hydrogen-bond donors (Lipinski definition) is 1. The third-order valence-electron chi connectivity index (χ3n) is 8.75. The fourth-order valence-electron chi connectivity index (χ4n) is 6.33. The molecule has 4 rings (SSSR count). The average molecular weight is 431 g/mol. The summed E-state index contributed by atoms with van der Waals surface area (Å²) in [5, 5.41) is 2.91. The van der Waals surface area contributed by atoms with Crippen molar-refractivity contribution in [1.29, 1.82) is 0 Å². The zero-order valence-electron chi connectivity index (χ0n) is 19.5. The van der Waals surface area contributed by atoms with E-state index in [0.717, 1.165) is 25.7 Å². The maximum Gasteiger partial charge on any atom is 0.243 e. The van der Waals surface area contributed by atoms with Gasteiger partial charge in [0.25, 0.3) is 0 Å². The van der Waals surface area contributed by atoms with Gasteiger partial charge in [-0.15, -0.1) is 0 Å². The van der Waals surface area contributed by atoms with Crippen LogP contribution in [0, 0.1) is 35.0 Å². The Bertz CT molecular complexity index is 765. The highest BCUT2D eigenvalue weighted by atomic mass is 16.2. The molecule has 6 heteroatoms. The van der Waals surface area contributed by atoms with Crippen LogP contribution in [0.3, 0.4) is 0 Å². The maximum absolute atomic E-state index is 13.5. The van der Waals surface area contributed by atoms with Crippen LogP contribution >= 0.6 is 0 Å². The normalized spacial score (nSPS) is 31.5. The lowest BCUT2D eigenvalue weighted by Crippen LogP contribution is -2.55. The van der Waals surface area contributed by atoms with E-state index in [2.05, 4.69) is 19.2 Å². The molecule has 0 aromatic carbocycles. The lowest BCUT2D eigenvalue weighted by molar-refractivity contribution is -0.145. The van der Waals surface area contributed by atoms with Crippen molar-refractivity contribution >= 4 is 23.4 Å². The Morgan fingerprint density at radius 2 is 1.68 bits per heavy atom. The first-order valence-electron chi connectivity index (χ1n) is 12.3. The smallest absolute Gasteiger partial charge is 0.243 e. The monoisotopic (exact) mass is 430 g/mol. The van der Waals surface area contributed by atoms with Crippen LogP contribution in [0.4, 0.5) is 0 Å². The predicted octanol–water partition coefficient (Wildman–Crippen LogP) is 3.13. The first-order chi connectivity index (χ1) is 14.6. The molecule has 3 saturated carbocycles. The molecule has 4 aliphatic rings. The molecule has 172 valence electrons. The fourth-order valence-corrected chi connectivity index (χ4v) is 6.33. The molecule has 2 amide bonds. The summed E-state index contributed by atoms with van der Waals surface area (Å²) >= 11 is 0. The zero-order valence-corrected chi connectivity index (χ0v) is 19.5. The quantitative estimate of drug-likeness (QED) is 0.600. The van der Waals surface area contributed by atoms with Crippen LogP contribution in [-0.2, 0) is 19.2 Å². The predicted molar refractivity (Wildman–Crippen MR) is 117 cm³/mol. The number of nitrogens with one attached hydrogen (secondary N) is 1. The first-order valence-corrected chi connectivity index (χ1v) is 12.3. The molecule has 1 aliphatic heterocycles. The molecule has 1 saturated heterocycles. The second-order valence-electron chi connectivity index (χ2n) is 11.2. The summed E-state index contributed by atoms with van der Waals surface area (Å²) < 4.78 is 0. The van der Waals surface area contributed by atoms with Crippen LogP contribution in [0.25, 0.3) is 0 Å². The van der Waals surface area contributed by atoms with E-state index in [-0.39, 0.29) is 29.1 Å². The molecule has 0 spiro atoms. The Hall–Kier alpha value is -1.72. The second kappa shape index (κ2) is 8.32. The Balaban J connectivity index is 1.49. The van der Waals surface area contributed by atoms with Crippen molar-refractivity contribution in [1.82, 2.24) is 10.2 Å². The highest BCUT2D eigenvalue weighted by molar-refractivity contribution is 6.38. The molecule has 0 bridgehead atoms. The second-order valence-corrected chi connectivity index (χ2v) is 11.2. The highest BCUT2D eigenvalue weighted by Crippen LogP contribution is 2.65. The van der Waals surface area contributed by atoms with Gasteiger partial charge in [0.15, 0.2) is 5.78 Å². The summed E-state index contributed by atoms with van der Waals surface area (Å²) in [5.41, 5.74) is 0.0312. The number of likely N-dealkylation sites (tertiary alicyclic amines) is 1. The Morgan fingerprint density at radius 3 is 2.26 bits per heavy atom. The minimum atomic E-state index is -0.758. The molecule has 3 aliphatic carbocycles. The maximum atomic E-state index is 13.5. The molecule has 31 heavy (non-hydrogen) atoms. The topological polar surface area (TPSA) is 83.6 Å². The molecule has 4 fully saturated rings. The molecule has 0 radical (unpaired) electrons. The van der Waals surface area contributed by atoms with E-state index < -0.39 is 23.7 Å². The lowest BCUT2D eigenvalue weighted by atomic mass is 9.80. The molecule has 5 atom stereocenters. The Labute approximate surface area is 185 Å². The number of fused-ring (bicyclic) bond motifs is 1. The van der Waals surface area contributed by atoms with Gasteiger partial charge in [0.1, 0.15) is 6.04 Å². The lowest BCUT2D eigenvalue weighted by Gasteiger charge is -2.35. The molecule has 1 heterocycles. The summed E-state index contributed by atoms with van der Waals surface area (Å²) in [4.78, 5) is 52.9. The largest absolute Gasteiger partial charge is 0.344 e. The number of amides is 2. The van der Waals surface area contributed by atoms with Crippen molar-refractivity contribution in [2.45, 2.75) is 91.1 Å². The van der Waals surface area contributed by atoms with Gasteiger partial charge in [-0.05, 0) is 48.3 Å². The highest BCUT2D eigenvalue weighted by Gasteiger charge is 2.69. The van der Waals surface area contributed by atoms with Crippen LogP contribution in [0.15, 0.2) is 0 Å². The van der Waals surface area contributed by atoms with Gasteiger partial charge in [0.05, 0.1) is 6.04 Å². The van der Waals surface area contributed by atoms with E-state index in [1.54, 1.807) is 0 Å². The zero-order chi connectivity index (χ0) is 22.5. The number of carbonyl (C=O) groups excluding carboxylic acids is 4. The summed E-state index contributed by atoms with van der Waals surface area (Å²) in [6.45, 7) is 8.25. The third-order valence-corrected chi connectivity index (χ3v) is 8.75. The number of nitrogens with zero attached hydrogens (tertiary/aromatic N) is 1. The summed E-state index contributed by atoms with van der Waals surface area (Å²) in [7, 11) is 0. The number of Topliss-reactive ketones (excluding diaryl/α,β-unsaturated/α-hetero) is 2. The van der Waals surface area contributed by atoms with Crippen molar-refractivity contribution in [3.05, 3.63) is 0 Å². The van der Waals surface area contributed by atoms with Gasteiger partial charge >= 0.3 is 0 Å². The number of piperidine rings is 1. The van der Waals surface area contributed by atoms with Gasteiger partial charge in [0, 0.05) is 19.4 Å². The molecule has 0 aromatic rings. The van der Waals surface area contributed by atoms with Crippen molar-refractivity contribution in [2.24, 2.45) is 35.0 Å².